The van der Waals surface area contributed by atoms with Crippen LogP contribution in [-0.4, -0.2) is 10.7 Å². The monoisotopic (exact) mass is 388 g/mol. The minimum absolute atomic E-state index is 0.181. The summed E-state index contributed by atoms with van der Waals surface area (Å²) < 4.78 is 61.6. The van der Waals surface area contributed by atoms with E-state index in [2.05, 4.69) is 5.32 Å². The molecule has 2 aromatic carbocycles. The molecular formula is C21H16F4N2O. The van der Waals surface area contributed by atoms with E-state index < -0.39 is 17.7 Å². The third-order valence-corrected chi connectivity index (χ3v) is 5.32. The normalized spacial score (nSPS) is 19.8. The van der Waals surface area contributed by atoms with E-state index in [-0.39, 0.29) is 31.2 Å². The molecule has 3 heterocycles. The van der Waals surface area contributed by atoms with Crippen molar-refractivity contribution in [2.45, 2.75) is 31.5 Å². The van der Waals surface area contributed by atoms with Crippen molar-refractivity contribution in [3.8, 4) is 11.4 Å². The van der Waals surface area contributed by atoms with E-state index in [1.807, 2.05) is 18.2 Å². The average Bonchev–Trinajstić information content (AvgIpc) is 3.06. The highest BCUT2D eigenvalue weighted by Crippen LogP contribution is 2.38. The second-order valence-corrected chi connectivity index (χ2v) is 7.11. The molecule has 1 atom stereocenters. The van der Waals surface area contributed by atoms with Crippen LogP contribution in [0.15, 0.2) is 48.7 Å². The van der Waals surface area contributed by atoms with Crippen molar-refractivity contribution < 1.29 is 22.3 Å². The lowest BCUT2D eigenvalue weighted by molar-refractivity contribution is -0.187. The van der Waals surface area contributed by atoms with Crippen LogP contribution in [-0.2, 0) is 13.0 Å². The van der Waals surface area contributed by atoms with Crippen molar-refractivity contribution in [3.63, 3.8) is 0 Å². The minimum Gasteiger partial charge on any atom is -0.432 e. The van der Waals surface area contributed by atoms with Crippen LogP contribution < -0.4 is 10.1 Å². The van der Waals surface area contributed by atoms with Gasteiger partial charge in [0.15, 0.2) is 0 Å². The zero-order chi connectivity index (χ0) is 19.5. The summed E-state index contributed by atoms with van der Waals surface area (Å²) in [5.41, 5.74) is 3.20. The molecule has 0 aliphatic carbocycles. The zero-order valence-corrected chi connectivity index (χ0v) is 14.7. The molecule has 28 heavy (non-hydrogen) atoms. The third kappa shape index (κ3) is 2.77. The van der Waals surface area contributed by atoms with Crippen LogP contribution in [0.2, 0.25) is 0 Å². The van der Waals surface area contributed by atoms with Crippen molar-refractivity contribution in [3.05, 3.63) is 82.7 Å². The number of fused-ring (bicyclic) bond motifs is 4. The standard InChI is InChI=1S/C21H16F4N2O/c22-14-9-16(23)15-11-26-20(17-2-1-7-27(17)18(15)10-14)13-3-4-19-12(8-13)5-6-21(24,25)28-19/h1-4,7-10,20,26H,5-6,11H2. The number of rotatable bonds is 1. The number of aromatic nitrogens is 1. The minimum atomic E-state index is -3.15. The molecule has 2 aliphatic heterocycles. The second kappa shape index (κ2) is 6.10. The van der Waals surface area contributed by atoms with E-state index in [0.717, 1.165) is 17.3 Å². The maximum absolute atomic E-state index is 14.4. The molecule has 0 fully saturated rings. The molecule has 1 N–H and O–H groups in total. The first-order valence-electron chi connectivity index (χ1n) is 9.00. The summed E-state index contributed by atoms with van der Waals surface area (Å²) in [6.07, 6.45) is -1.54. The zero-order valence-electron chi connectivity index (χ0n) is 14.7. The molecule has 5 rings (SSSR count). The molecule has 0 saturated heterocycles. The predicted molar refractivity (Wildman–Crippen MR) is 94.7 cm³/mol. The number of nitrogens with one attached hydrogen (secondary N) is 1. The fourth-order valence-corrected chi connectivity index (χ4v) is 3.99. The number of ether oxygens (including phenoxy) is 1. The van der Waals surface area contributed by atoms with E-state index in [0.29, 0.717) is 16.8 Å². The maximum atomic E-state index is 14.4. The van der Waals surface area contributed by atoms with Crippen molar-refractivity contribution in [1.82, 2.24) is 9.88 Å². The molecule has 2 aliphatic rings. The van der Waals surface area contributed by atoms with Crippen LogP contribution in [0.3, 0.4) is 0 Å². The van der Waals surface area contributed by atoms with E-state index in [1.165, 1.54) is 6.07 Å². The van der Waals surface area contributed by atoms with Crippen LogP contribution in [0.4, 0.5) is 17.6 Å². The molecule has 144 valence electrons. The molecule has 0 radical (unpaired) electrons. The first kappa shape index (κ1) is 17.3. The van der Waals surface area contributed by atoms with Crippen molar-refractivity contribution >= 4 is 0 Å². The Bertz CT molecular complexity index is 1080. The van der Waals surface area contributed by atoms with Gasteiger partial charge >= 0.3 is 6.11 Å². The van der Waals surface area contributed by atoms with Gasteiger partial charge in [-0.1, -0.05) is 12.1 Å². The lowest BCUT2D eigenvalue weighted by atomic mass is 9.97. The number of nitrogens with zero attached hydrogens (tertiary/aromatic N) is 1. The molecule has 1 unspecified atom stereocenters. The SMILES string of the molecule is Fc1cc(F)c2c(c1)-n1cccc1C(c1ccc3c(c1)CCC(F)(F)O3)NC2. The van der Waals surface area contributed by atoms with E-state index in [1.54, 1.807) is 22.9 Å². The summed E-state index contributed by atoms with van der Waals surface area (Å²) in [4.78, 5) is 0. The van der Waals surface area contributed by atoms with Crippen LogP contribution in [0, 0.1) is 11.6 Å². The summed E-state index contributed by atoms with van der Waals surface area (Å²) in [5.74, 6) is -1.06. The summed E-state index contributed by atoms with van der Waals surface area (Å²) in [5, 5.41) is 3.31. The predicted octanol–water partition coefficient (Wildman–Crippen LogP) is 4.87. The molecular weight excluding hydrogens is 372 g/mol. The van der Waals surface area contributed by atoms with Gasteiger partial charge in [-0.3, -0.25) is 0 Å². The number of hydrogen-bond acceptors (Lipinski definition) is 2. The Labute approximate surface area is 158 Å². The fraction of sp³-hybridized carbons (Fsp3) is 0.238. The first-order chi connectivity index (χ1) is 13.4. The highest BCUT2D eigenvalue weighted by molar-refractivity contribution is 5.49. The number of benzene rings is 2. The lowest BCUT2D eigenvalue weighted by Gasteiger charge is -2.27. The third-order valence-electron chi connectivity index (χ3n) is 5.32. The smallest absolute Gasteiger partial charge is 0.398 e. The Hall–Kier alpha value is -2.80. The van der Waals surface area contributed by atoms with E-state index in [4.69, 9.17) is 4.74 Å². The Morgan fingerprint density at radius 2 is 1.96 bits per heavy atom. The molecule has 7 heteroatoms. The van der Waals surface area contributed by atoms with E-state index in [9.17, 15) is 17.6 Å². The van der Waals surface area contributed by atoms with E-state index >= 15 is 0 Å². The van der Waals surface area contributed by atoms with Gasteiger partial charge in [0.25, 0.3) is 0 Å². The summed E-state index contributed by atoms with van der Waals surface area (Å²) in [6, 6.07) is 10.7. The molecule has 0 saturated carbocycles. The average molecular weight is 388 g/mol. The van der Waals surface area contributed by atoms with Crippen molar-refractivity contribution in [2.24, 2.45) is 0 Å². The fourth-order valence-electron chi connectivity index (χ4n) is 3.99. The van der Waals surface area contributed by atoms with Gasteiger partial charge in [0.05, 0.1) is 18.2 Å². The molecule has 3 aromatic rings. The number of halogens is 4. The molecule has 1 aromatic heterocycles. The molecule has 0 spiro atoms. The molecule has 0 bridgehead atoms. The summed E-state index contributed by atoms with van der Waals surface area (Å²) in [7, 11) is 0. The number of alkyl halides is 2. The van der Waals surface area contributed by atoms with Gasteiger partial charge in [0, 0.05) is 30.1 Å². The highest BCUT2D eigenvalue weighted by Gasteiger charge is 2.36. The summed E-state index contributed by atoms with van der Waals surface area (Å²) in [6.45, 7) is 0.208. The van der Waals surface area contributed by atoms with Gasteiger partial charge in [0.2, 0.25) is 0 Å². The number of hydrogen-bond donors (Lipinski definition) is 1. The Balaban J connectivity index is 1.58. The summed E-state index contributed by atoms with van der Waals surface area (Å²) >= 11 is 0. The number of aryl methyl sites for hydroxylation is 1. The topological polar surface area (TPSA) is 26.2 Å². The quantitative estimate of drug-likeness (QED) is 0.603. The Kier molecular flexibility index (Phi) is 3.77. The maximum Gasteiger partial charge on any atom is 0.398 e. The van der Waals surface area contributed by atoms with Crippen LogP contribution in [0.25, 0.3) is 5.69 Å². The largest absolute Gasteiger partial charge is 0.432 e. The second-order valence-electron chi connectivity index (χ2n) is 7.11. The Morgan fingerprint density at radius 3 is 2.82 bits per heavy atom. The van der Waals surface area contributed by atoms with Gasteiger partial charge < -0.3 is 14.6 Å². The lowest BCUT2D eigenvalue weighted by Crippen LogP contribution is -2.30. The van der Waals surface area contributed by atoms with Crippen molar-refractivity contribution in [1.29, 1.82) is 0 Å². The van der Waals surface area contributed by atoms with Gasteiger partial charge in [-0.2, -0.15) is 8.78 Å². The van der Waals surface area contributed by atoms with Crippen LogP contribution >= 0.6 is 0 Å². The van der Waals surface area contributed by atoms with Crippen LogP contribution in [0.1, 0.15) is 34.8 Å². The first-order valence-corrected chi connectivity index (χ1v) is 9.00. The highest BCUT2D eigenvalue weighted by atomic mass is 19.3. The van der Waals surface area contributed by atoms with Gasteiger partial charge in [-0.05, 0) is 41.8 Å². The molecule has 3 nitrogen and oxygen atoms in total. The van der Waals surface area contributed by atoms with Crippen LogP contribution in [0.5, 0.6) is 5.75 Å². The molecule has 0 amide bonds. The van der Waals surface area contributed by atoms with Gasteiger partial charge in [0.1, 0.15) is 17.4 Å². The van der Waals surface area contributed by atoms with Crippen molar-refractivity contribution in [2.75, 3.05) is 0 Å². The van der Waals surface area contributed by atoms with Gasteiger partial charge in [-0.15, -0.1) is 0 Å². The Morgan fingerprint density at radius 1 is 1.11 bits per heavy atom. The van der Waals surface area contributed by atoms with Gasteiger partial charge in [-0.25, -0.2) is 8.78 Å².